The Bertz CT molecular complexity index is 417. The van der Waals surface area contributed by atoms with Crippen molar-refractivity contribution >= 4 is 0 Å². The van der Waals surface area contributed by atoms with Crippen LogP contribution in [0, 0.1) is 6.92 Å². The second kappa shape index (κ2) is 3.83. The highest BCUT2D eigenvalue weighted by molar-refractivity contribution is 5.19. The van der Waals surface area contributed by atoms with E-state index in [2.05, 4.69) is 15.0 Å². The van der Waals surface area contributed by atoms with Gasteiger partial charge in [-0.1, -0.05) is 0 Å². The van der Waals surface area contributed by atoms with E-state index < -0.39 is 0 Å². The maximum absolute atomic E-state index is 5.37. The molecule has 0 amide bonds. The van der Waals surface area contributed by atoms with E-state index in [0.717, 1.165) is 5.69 Å². The third-order valence-corrected chi connectivity index (χ3v) is 1.62. The molecule has 0 N–H and O–H groups in total. The Kier molecular flexibility index (Phi) is 2.36. The summed E-state index contributed by atoms with van der Waals surface area (Å²) < 4.78 is 5.37. The Morgan fingerprint density at radius 1 is 1.21 bits per heavy atom. The molecule has 4 heteroatoms. The fourth-order valence-electron chi connectivity index (χ4n) is 0.988. The van der Waals surface area contributed by atoms with Gasteiger partial charge in [0.15, 0.2) is 0 Å². The van der Waals surface area contributed by atoms with Gasteiger partial charge in [0.2, 0.25) is 0 Å². The van der Waals surface area contributed by atoms with Crippen LogP contribution in [0.15, 0.2) is 36.8 Å². The summed E-state index contributed by atoms with van der Waals surface area (Å²) in [6.45, 7) is 1.89. The van der Waals surface area contributed by atoms with Crippen molar-refractivity contribution in [2.45, 2.75) is 6.92 Å². The third-order valence-electron chi connectivity index (χ3n) is 1.62. The van der Waals surface area contributed by atoms with E-state index in [0.29, 0.717) is 11.8 Å². The van der Waals surface area contributed by atoms with Gasteiger partial charge in [-0.15, -0.1) is 0 Å². The van der Waals surface area contributed by atoms with E-state index in [4.69, 9.17) is 4.74 Å². The Morgan fingerprint density at radius 3 is 2.86 bits per heavy atom. The van der Waals surface area contributed by atoms with E-state index in [1.165, 1.54) is 0 Å². The number of nitrogens with zero attached hydrogens (tertiary/aromatic N) is 3. The highest BCUT2D eigenvalue weighted by Crippen LogP contribution is 2.14. The number of pyridine rings is 1. The molecule has 0 fully saturated rings. The van der Waals surface area contributed by atoms with Gasteiger partial charge < -0.3 is 4.74 Å². The molecule has 14 heavy (non-hydrogen) atoms. The zero-order valence-corrected chi connectivity index (χ0v) is 7.71. The first-order valence-electron chi connectivity index (χ1n) is 4.22. The monoisotopic (exact) mass is 187 g/mol. The van der Waals surface area contributed by atoms with Crippen molar-refractivity contribution in [3.05, 3.63) is 42.5 Å². The molecule has 0 saturated heterocycles. The molecule has 0 spiro atoms. The van der Waals surface area contributed by atoms with Gasteiger partial charge in [-0.25, -0.2) is 9.97 Å². The van der Waals surface area contributed by atoms with Crippen LogP contribution in [0.2, 0.25) is 0 Å². The Balaban J connectivity index is 2.19. The molecule has 0 radical (unpaired) electrons. The fourth-order valence-corrected chi connectivity index (χ4v) is 0.988. The molecule has 2 aromatic heterocycles. The highest BCUT2D eigenvalue weighted by atomic mass is 16.5. The molecule has 2 rings (SSSR count). The van der Waals surface area contributed by atoms with Crippen LogP contribution in [0.3, 0.4) is 0 Å². The van der Waals surface area contributed by atoms with Gasteiger partial charge in [0.1, 0.15) is 5.75 Å². The molecule has 0 aliphatic rings. The van der Waals surface area contributed by atoms with Crippen molar-refractivity contribution in [3.8, 4) is 11.8 Å². The summed E-state index contributed by atoms with van der Waals surface area (Å²) in [6.07, 6.45) is 4.96. The molecular formula is C10H9N3O. The number of aryl methyl sites for hydroxylation is 1. The SMILES string of the molecule is Cc1ccnc(Oc2cccnc2)n1. The molecular weight excluding hydrogens is 178 g/mol. The van der Waals surface area contributed by atoms with Gasteiger partial charge in [0, 0.05) is 18.1 Å². The van der Waals surface area contributed by atoms with Crippen LogP contribution in [-0.4, -0.2) is 15.0 Å². The topological polar surface area (TPSA) is 47.9 Å². The largest absolute Gasteiger partial charge is 0.423 e. The molecule has 0 aliphatic carbocycles. The number of hydrogen-bond acceptors (Lipinski definition) is 4. The zero-order chi connectivity index (χ0) is 9.80. The van der Waals surface area contributed by atoms with E-state index >= 15 is 0 Å². The van der Waals surface area contributed by atoms with Gasteiger partial charge in [-0.2, -0.15) is 0 Å². The van der Waals surface area contributed by atoms with Crippen molar-refractivity contribution in [1.29, 1.82) is 0 Å². The van der Waals surface area contributed by atoms with Crippen LogP contribution in [0.1, 0.15) is 5.69 Å². The molecule has 0 saturated carbocycles. The second-order valence-electron chi connectivity index (χ2n) is 2.77. The van der Waals surface area contributed by atoms with Gasteiger partial charge in [0.05, 0.1) is 6.20 Å². The van der Waals surface area contributed by atoms with E-state index in [1.54, 1.807) is 30.7 Å². The first-order valence-corrected chi connectivity index (χ1v) is 4.22. The third kappa shape index (κ3) is 2.04. The van der Waals surface area contributed by atoms with Crippen molar-refractivity contribution in [3.63, 3.8) is 0 Å². The zero-order valence-electron chi connectivity index (χ0n) is 7.71. The average Bonchev–Trinajstić information content (AvgIpc) is 2.19. The summed E-state index contributed by atoms with van der Waals surface area (Å²) in [5.74, 6) is 0.637. The summed E-state index contributed by atoms with van der Waals surface area (Å²) in [5.41, 5.74) is 0.874. The standard InChI is InChI=1S/C10H9N3O/c1-8-4-6-12-10(13-8)14-9-3-2-5-11-7-9/h2-7H,1H3. The Morgan fingerprint density at radius 2 is 2.14 bits per heavy atom. The summed E-state index contributed by atoms with van der Waals surface area (Å²) in [7, 11) is 0. The van der Waals surface area contributed by atoms with Crippen LogP contribution in [0.5, 0.6) is 11.8 Å². The molecule has 2 aromatic rings. The Hall–Kier alpha value is -1.97. The molecule has 70 valence electrons. The fraction of sp³-hybridized carbons (Fsp3) is 0.100. The molecule has 0 unspecified atom stereocenters. The summed E-state index contributed by atoms with van der Waals surface area (Å²) in [4.78, 5) is 12.0. The maximum atomic E-state index is 5.37. The molecule has 0 atom stereocenters. The van der Waals surface area contributed by atoms with Crippen LogP contribution >= 0.6 is 0 Å². The quantitative estimate of drug-likeness (QED) is 0.721. The molecule has 4 nitrogen and oxygen atoms in total. The lowest BCUT2D eigenvalue weighted by Crippen LogP contribution is -1.92. The predicted octanol–water partition coefficient (Wildman–Crippen LogP) is 1.97. The van der Waals surface area contributed by atoms with Crippen molar-refractivity contribution in [2.75, 3.05) is 0 Å². The van der Waals surface area contributed by atoms with Gasteiger partial charge >= 0.3 is 6.01 Å². The smallest absolute Gasteiger partial charge is 0.322 e. The Labute approximate surface area is 81.6 Å². The van der Waals surface area contributed by atoms with Gasteiger partial charge in [-0.3, -0.25) is 4.98 Å². The van der Waals surface area contributed by atoms with E-state index in [9.17, 15) is 0 Å². The predicted molar refractivity (Wildman–Crippen MR) is 51.1 cm³/mol. The molecule has 0 bridgehead atoms. The first-order chi connectivity index (χ1) is 6.84. The minimum Gasteiger partial charge on any atom is -0.423 e. The van der Waals surface area contributed by atoms with Gasteiger partial charge in [-0.05, 0) is 25.1 Å². The lowest BCUT2D eigenvalue weighted by Gasteiger charge is -2.02. The van der Waals surface area contributed by atoms with E-state index in [-0.39, 0.29) is 0 Å². The second-order valence-corrected chi connectivity index (χ2v) is 2.77. The van der Waals surface area contributed by atoms with Crippen LogP contribution in [0.25, 0.3) is 0 Å². The van der Waals surface area contributed by atoms with Crippen LogP contribution in [-0.2, 0) is 0 Å². The van der Waals surface area contributed by atoms with Crippen molar-refractivity contribution in [2.24, 2.45) is 0 Å². The van der Waals surface area contributed by atoms with Gasteiger partial charge in [0.25, 0.3) is 0 Å². The minimum atomic E-state index is 0.345. The lowest BCUT2D eigenvalue weighted by atomic mass is 10.4. The molecule has 2 heterocycles. The lowest BCUT2D eigenvalue weighted by molar-refractivity contribution is 0.438. The number of aromatic nitrogens is 3. The van der Waals surface area contributed by atoms with Crippen molar-refractivity contribution in [1.82, 2.24) is 15.0 Å². The summed E-state index contributed by atoms with van der Waals surface area (Å²) in [5, 5.41) is 0. The number of ether oxygens (including phenoxy) is 1. The summed E-state index contributed by atoms with van der Waals surface area (Å²) in [6, 6.07) is 5.76. The number of rotatable bonds is 2. The van der Waals surface area contributed by atoms with Crippen LogP contribution < -0.4 is 4.74 Å². The van der Waals surface area contributed by atoms with E-state index in [1.807, 2.05) is 13.0 Å². The first kappa shape index (κ1) is 8.62. The summed E-state index contributed by atoms with van der Waals surface area (Å²) >= 11 is 0. The average molecular weight is 187 g/mol. The maximum Gasteiger partial charge on any atom is 0.322 e. The normalized spacial score (nSPS) is 9.79. The minimum absolute atomic E-state index is 0.345. The van der Waals surface area contributed by atoms with Crippen molar-refractivity contribution < 1.29 is 4.74 Å². The molecule has 0 aromatic carbocycles. The highest BCUT2D eigenvalue weighted by Gasteiger charge is 1.98. The number of hydrogen-bond donors (Lipinski definition) is 0. The van der Waals surface area contributed by atoms with Crippen LogP contribution in [0.4, 0.5) is 0 Å². The molecule has 0 aliphatic heterocycles.